The summed E-state index contributed by atoms with van der Waals surface area (Å²) >= 11 is 3.29. The van der Waals surface area contributed by atoms with E-state index < -0.39 is 17.6 Å². The first kappa shape index (κ1) is 19.6. The third-order valence-electron chi connectivity index (χ3n) is 4.29. The maximum Gasteiger partial charge on any atom is 0.421 e. The maximum absolute atomic E-state index is 13.0. The molecule has 0 aromatic carbocycles. The number of carbonyl (C=O) groups is 1. The van der Waals surface area contributed by atoms with Crippen LogP contribution < -0.4 is 4.74 Å². The number of piperidine rings is 1. The fraction of sp³-hybridized carbons (Fsp3) is 0.389. The minimum Gasteiger partial charge on any atom is -0.477 e. The van der Waals surface area contributed by atoms with Gasteiger partial charge in [-0.2, -0.15) is 13.2 Å². The minimum absolute atomic E-state index is 0.0640. The lowest BCUT2D eigenvalue weighted by Gasteiger charge is -2.32. The molecule has 3 heterocycles. The number of amides is 1. The van der Waals surface area contributed by atoms with E-state index in [1.54, 1.807) is 17.2 Å². The van der Waals surface area contributed by atoms with E-state index in [9.17, 15) is 18.0 Å². The normalized spacial score (nSPS) is 17.6. The van der Waals surface area contributed by atoms with Crippen molar-refractivity contribution in [1.29, 1.82) is 0 Å². The number of likely N-dealkylation sites (tertiary alicyclic amines) is 1. The van der Waals surface area contributed by atoms with Gasteiger partial charge in [0.15, 0.2) is 0 Å². The third kappa shape index (κ3) is 4.97. The zero-order chi connectivity index (χ0) is 19.4. The summed E-state index contributed by atoms with van der Waals surface area (Å²) in [6, 6.07) is 3.86. The number of halogens is 4. The topological polar surface area (TPSA) is 55.3 Å². The predicted molar refractivity (Wildman–Crippen MR) is 95.3 cm³/mol. The van der Waals surface area contributed by atoms with Crippen LogP contribution in [-0.4, -0.2) is 40.5 Å². The van der Waals surface area contributed by atoms with Gasteiger partial charge in [-0.15, -0.1) is 0 Å². The Morgan fingerprint density at radius 1 is 1.37 bits per heavy atom. The van der Waals surface area contributed by atoms with Crippen LogP contribution in [0.5, 0.6) is 5.88 Å². The second-order valence-corrected chi connectivity index (χ2v) is 7.23. The summed E-state index contributed by atoms with van der Waals surface area (Å²) in [6.07, 6.45) is 1.36. The quantitative estimate of drug-likeness (QED) is 0.710. The van der Waals surface area contributed by atoms with Crippen LogP contribution in [0.25, 0.3) is 0 Å². The molecule has 0 radical (unpaired) electrons. The van der Waals surface area contributed by atoms with Crippen molar-refractivity contribution < 1.29 is 22.7 Å². The van der Waals surface area contributed by atoms with Crippen molar-refractivity contribution in [3.05, 3.63) is 52.4 Å². The van der Waals surface area contributed by atoms with E-state index in [-0.39, 0.29) is 18.4 Å². The fourth-order valence-corrected chi connectivity index (χ4v) is 3.38. The molecule has 1 aliphatic rings. The number of carbonyl (C=O) groups excluding carboxylic acids is 1. The van der Waals surface area contributed by atoms with Crippen LogP contribution in [0.2, 0.25) is 0 Å². The van der Waals surface area contributed by atoms with Crippen LogP contribution in [0, 0.1) is 5.92 Å². The molecular formula is C18H17BrF3N3O2. The van der Waals surface area contributed by atoms with Crippen molar-refractivity contribution in [2.24, 2.45) is 5.92 Å². The van der Waals surface area contributed by atoms with Crippen molar-refractivity contribution >= 4 is 21.8 Å². The van der Waals surface area contributed by atoms with Gasteiger partial charge < -0.3 is 9.64 Å². The molecule has 1 unspecified atom stereocenters. The van der Waals surface area contributed by atoms with Crippen molar-refractivity contribution in [1.82, 2.24) is 14.9 Å². The Morgan fingerprint density at radius 3 is 2.93 bits per heavy atom. The number of aromatic nitrogens is 2. The highest BCUT2D eigenvalue weighted by molar-refractivity contribution is 9.10. The number of rotatable bonds is 4. The Bertz CT molecular complexity index is 816. The summed E-state index contributed by atoms with van der Waals surface area (Å²) in [6.45, 7) is 1.08. The van der Waals surface area contributed by atoms with Crippen LogP contribution >= 0.6 is 15.9 Å². The van der Waals surface area contributed by atoms with E-state index in [1.807, 2.05) is 0 Å². The van der Waals surface area contributed by atoms with E-state index in [0.29, 0.717) is 23.1 Å². The molecule has 1 saturated heterocycles. The SMILES string of the molecule is O=C(c1cncc(Br)c1)N1CCCC(COc2ncccc2C(F)(F)F)C1. The van der Waals surface area contributed by atoms with E-state index in [0.717, 1.165) is 18.9 Å². The van der Waals surface area contributed by atoms with Gasteiger partial charge in [0.25, 0.3) is 5.91 Å². The summed E-state index contributed by atoms with van der Waals surface area (Å²) < 4.78 is 45.1. The molecule has 2 aromatic rings. The zero-order valence-electron chi connectivity index (χ0n) is 14.2. The van der Waals surface area contributed by atoms with Gasteiger partial charge >= 0.3 is 6.18 Å². The second-order valence-electron chi connectivity index (χ2n) is 6.32. The highest BCUT2D eigenvalue weighted by Gasteiger charge is 2.35. The Balaban J connectivity index is 1.63. The van der Waals surface area contributed by atoms with E-state index in [2.05, 4.69) is 25.9 Å². The molecule has 5 nitrogen and oxygen atoms in total. The number of nitrogens with zero attached hydrogens (tertiary/aromatic N) is 3. The van der Waals surface area contributed by atoms with Crippen molar-refractivity contribution in [3.63, 3.8) is 0 Å². The lowest BCUT2D eigenvalue weighted by atomic mass is 9.98. The summed E-state index contributed by atoms with van der Waals surface area (Å²) in [5, 5.41) is 0. The van der Waals surface area contributed by atoms with Gasteiger partial charge in [0.2, 0.25) is 5.88 Å². The molecule has 1 fully saturated rings. The first-order valence-electron chi connectivity index (χ1n) is 8.39. The van der Waals surface area contributed by atoms with Gasteiger partial charge in [0.05, 0.1) is 12.2 Å². The van der Waals surface area contributed by atoms with E-state index in [4.69, 9.17) is 4.74 Å². The number of hydrogen-bond acceptors (Lipinski definition) is 4. The first-order chi connectivity index (χ1) is 12.8. The van der Waals surface area contributed by atoms with Crippen LogP contribution in [0.1, 0.15) is 28.8 Å². The molecule has 1 atom stereocenters. The zero-order valence-corrected chi connectivity index (χ0v) is 15.8. The molecule has 0 bridgehead atoms. The van der Waals surface area contributed by atoms with Gasteiger partial charge in [-0.05, 0) is 47.0 Å². The Kier molecular flexibility index (Phi) is 5.98. The lowest BCUT2D eigenvalue weighted by Crippen LogP contribution is -2.41. The molecule has 9 heteroatoms. The molecular weight excluding hydrogens is 427 g/mol. The second kappa shape index (κ2) is 8.24. The van der Waals surface area contributed by atoms with Gasteiger partial charge in [-0.25, -0.2) is 4.98 Å². The Hall–Kier alpha value is -2.16. The molecule has 0 aliphatic carbocycles. The van der Waals surface area contributed by atoms with Crippen molar-refractivity contribution in [3.8, 4) is 5.88 Å². The molecule has 0 spiro atoms. The first-order valence-corrected chi connectivity index (χ1v) is 9.18. The number of ether oxygens (including phenoxy) is 1. The largest absolute Gasteiger partial charge is 0.477 e. The van der Waals surface area contributed by atoms with Crippen LogP contribution in [0.3, 0.4) is 0 Å². The third-order valence-corrected chi connectivity index (χ3v) is 4.72. The number of hydrogen-bond donors (Lipinski definition) is 0. The molecule has 2 aromatic heterocycles. The van der Waals surface area contributed by atoms with Crippen LogP contribution in [0.15, 0.2) is 41.3 Å². The Labute approximate surface area is 162 Å². The van der Waals surface area contributed by atoms with Gasteiger partial charge in [0.1, 0.15) is 5.56 Å². The maximum atomic E-state index is 13.0. The smallest absolute Gasteiger partial charge is 0.421 e. The average Bonchev–Trinajstić information content (AvgIpc) is 2.65. The highest BCUT2D eigenvalue weighted by Crippen LogP contribution is 2.35. The van der Waals surface area contributed by atoms with Crippen molar-refractivity contribution in [2.75, 3.05) is 19.7 Å². The molecule has 0 N–H and O–H groups in total. The molecule has 27 heavy (non-hydrogen) atoms. The highest BCUT2D eigenvalue weighted by atomic mass is 79.9. The number of alkyl halides is 3. The standard InChI is InChI=1S/C18H17BrF3N3O2/c19-14-7-13(8-23-9-14)17(26)25-6-2-3-12(10-25)11-27-16-15(18(20,21)22)4-1-5-24-16/h1,4-5,7-9,12H,2-3,6,10-11H2. The summed E-state index contributed by atoms with van der Waals surface area (Å²) in [5.41, 5.74) is -0.427. The monoisotopic (exact) mass is 443 g/mol. The summed E-state index contributed by atoms with van der Waals surface area (Å²) in [4.78, 5) is 22.0. The fourth-order valence-electron chi connectivity index (χ4n) is 3.02. The number of pyridine rings is 2. The minimum atomic E-state index is -4.52. The average molecular weight is 444 g/mol. The Morgan fingerprint density at radius 2 is 2.19 bits per heavy atom. The molecule has 1 aliphatic heterocycles. The summed E-state index contributed by atoms with van der Waals surface area (Å²) in [5.74, 6) is -0.641. The molecule has 144 valence electrons. The van der Waals surface area contributed by atoms with Gasteiger partial charge in [0, 0.05) is 42.1 Å². The van der Waals surface area contributed by atoms with Crippen LogP contribution in [-0.2, 0) is 6.18 Å². The molecule has 1 amide bonds. The van der Waals surface area contributed by atoms with E-state index >= 15 is 0 Å². The molecule has 3 rings (SSSR count). The van der Waals surface area contributed by atoms with Crippen LogP contribution in [0.4, 0.5) is 13.2 Å². The lowest BCUT2D eigenvalue weighted by molar-refractivity contribution is -0.139. The predicted octanol–water partition coefficient (Wildman–Crippen LogP) is 4.19. The van der Waals surface area contributed by atoms with E-state index in [1.165, 1.54) is 18.5 Å². The molecule has 0 saturated carbocycles. The van der Waals surface area contributed by atoms with Gasteiger partial charge in [-0.3, -0.25) is 9.78 Å². The van der Waals surface area contributed by atoms with Gasteiger partial charge in [-0.1, -0.05) is 0 Å². The van der Waals surface area contributed by atoms with Crippen molar-refractivity contribution in [2.45, 2.75) is 19.0 Å². The summed E-state index contributed by atoms with van der Waals surface area (Å²) in [7, 11) is 0.